The minimum absolute atomic E-state index is 0.295. The first-order valence-electron chi connectivity index (χ1n) is 7.91. The normalized spacial score (nSPS) is 20.1. The number of hydrogen-bond acceptors (Lipinski definition) is 2. The Bertz CT molecular complexity index is 762. The van der Waals surface area contributed by atoms with Crippen molar-refractivity contribution in [1.29, 1.82) is 0 Å². The van der Waals surface area contributed by atoms with Gasteiger partial charge in [0.05, 0.1) is 10.9 Å². The van der Waals surface area contributed by atoms with Crippen LogP contribution in [0.25, 0.3) is 0 Å². The van der Waals surface area contributed by atoms with Gasteiger partial charge >= 0.3 is 0 Å². The van der Waals surface area contributed by atoms with Gasteiger partial charge in [0.15, 0.2) is 0 Å². The molecular weight excluding hydrogens is 313 g/mol. The summed E-state index contributed by atoms with van der Waals surface area (Å²) in [5.74, 6) is -0.330. The van der Waals surface area contributed by atoms with E-state index < -0.39 is 10.0 Å². The van der Waals surface area contributed by atoms with E-state index in [0.717, 1.165) is 31.2 Å². The Kier molecular flexibility index (Phi) is 4.78. The number of sulfonamides is 1. The molecule has 0 bridgehead atoms. The van der Waals surface area contributed by atoms with Crippen LogP contribution in [-0.2, 0) is 10.0 Å². The molecule has 0 aliphatic carbocycles. The summed E-state index contributed by atoms with van der Waals surface area (Å²) in [5, 5.41) is 0. The zero-order valence-corrected chi connectivity index (χ0v) is 13.7. The summed E-state index contributed by atoms with van der Waals surface area (Å²) in [6.07, 6.45) is 3.49. The molecule has 23 heavy (non-hydrogen) atoms. The van der Waals surface area contributed by atoms with E-state index in [1.165, 1.54) is 12.1 Å². The summed E-state index contributed by atoms with van der Waals surface area (Å²) < 4.78 is 41.2. The molecule has 0 aromatic heterocycles. The summed E-state index contributed by atoms with van der Waals surface area (Å²) >= 11 is 0. The summed E-state index contributed by atoms with van der Waals surface area (Å²) in [7, 11) is -3.58. The largest absolute Gasteiger partial charge is 0.243 e. The number of halogens is 1. The molecule has 1 aliphatic rings. The SMILES string of the molecule is O=S(=O)(c1ccccc1)N1CCCCC[C@@H]1c1cccc(F)c1. The lowest BCUT2D eigenvalue weighted by Gasteiger charge is -2.29. The van der Waals surface area contributed by atoms with Crippen LogP contribution in [0.15, 0.2) is 59.5 Å². The summed E-state index contributed by atoms with van der Waals surface area (Å²) in [6.45, 7) is 0.471. The molecule has 2 aromatic carbocycles. The Morgan fingerprint density at radius 1 is 0.957 bits per heavy atom. The molecule has 2 aromatic rings. The third-order valence-corrected chi connectivity index (χ3v) is 6.21. The Hall–Kier alpha value is -1.72. The molecular formula is C18H20FNO2S. The van der Waals surface area contributed by atoms with Gasteiger partial charge in [-0.1, -0.05) is 43.2 Å². The van der Waals surface area contributed by atoms with Gasteiger partial charge in [-0.25, -0.2) is 12.8 Å². The van der Waals surface area contributed by atoms with Crippen LogP contribution in [0.4, 0.5) is 4.39 Å². The Labute approximate surface area is 136 Å². The Balaban J connectivity index is 2.03. The van der Waals surface area contributed by atoms with Gasteiger partial charge in [-0.3, -0.25) is 0 Å². The summed E-state index contributed by atoms with van der Waals surface area (Å²) in [5.41, 5.74) is 0.728. The highest BCUT2D eigenvalue weighted by atomic mass is 32.2. The average Bonchev–Trinajstić information content (AvgIpc) is 2.82. The molecule has 0 radical (unpaired) electrons. The third-order valence-electron chi connectivity index (χ3n) is 4.29. The van der Waals surface area contributed by atoms with Crippen LogP contribution in [0.5, 0.6) is 0 Å². The van der Waals surface area contributed by atoms with Crippen LogP contribution < -0.4 is 0 Å². The number of hydrogen-bond donors (Lipinski definition) is 0. The maximum Gasteiger partial charge on any atom is 0.243 e. The molecule has 1 fully saturated rings. The number of nitrogens with zero attached hydrogens (tertiary/aromatic N) is 1. The van der Waals surface area contributed by atoms with E-state index in [0.29, 0.717) is 11.4 Å². The van der Waals surface area contributed by atoms with Gasteiger partial charge in [0.1, 0.15) is 5.82 Å². The smallest absolute Gasteiger partial charge is 0.207 e. The van der Waals surface area contributed by atoms with E-state index in [1.54, 1.807) is 40.7 Å². The lowest BCUT2D eigenvalue weighted by molar-refractivity contribution is 0.328. The Morgan fingerprint density at radius 2 is 1.74 bits per heavy atom. The van der Waals surface area contributed by atoms with Crippen molar-refractivity contribution in [3.8, 4) is 0 Å². The maximum atomic E-state index is 13.6. The molecule has 0 N–H and O–H groups in total. The highest BCUT2D eigenvalue weighted by Gasteiger charge is 2.33. The van der Waals surface area contributed by atoms with Crippen molar-refractivity contribution in [2.75, 3.05) is 6.54 Å². The van der Waals surface area contributed by atoms with E-state index in [1.807, 2.05) is 6.07 Å². The highest BCUT2D eigenvalue weighted by molar-refractivity contribution is 7.89. The van der Waals surface area contributed by atoms with Crippen LogP contribution in [0, 0.1) is 5.82 Å². The summed E-state index contributed by atoms with van der Waals surface area (Å²) in [6, 6.07) is 14.5. The first-order chi connectivity index (χ1) is 11.1. The standard InChI is InChI=1S/C18H20FNO2S/c19-16-9-7-8-15(14-16)18-12-5-2-6-13-20(18)23(21,22)17-10-3-1-4-11-17/h1,3-4,7-11,14,18H,2,5-6,12-13H2/t18-/m1/s1. The van der Waals surface area contributed by atoms with Gasteiger partial charge in [0, 0.05) is 6.54 Å². The predicted molar refractivity (Wildman–Crippen MR) is 87.9 cm³/mol. The van der Waals surface area contributed by atoms with Crippen molar-refractivity contribution in [3.63, 3.8) is 0 Å². The van der Waals surface area contributed by atoms with Crippen molar-refractivity contribution < 1.29 is 12.8 Å². The molecule has 3 rings (SSSR count). The van der Waals surface area contributed by atoms with Gasteiger partial charge in [0.2, 0.25) is 10.0 Å². The van der Waals surface area contributed by atoms with E-state index in [2.05, 4.69) is 0 Å². The van der Waals surface area contributed by atoms with E-state index in [-0.39, 0.29) is 11.9 Å². The topological polar surface area (TPSA) is 37.4 Å². The minimum Gasteiger partial charge on any atom is -0.207 e. The second-order valence-corrected chi connectivity index (χ2v) is 7.74. The quantitative estimate of drug-likeness (QED) is 0.847. The molecule has 1 saturated heterocycles. The van der Waals surface area contributed by atoms with Crippen molar-refractivity contribution in [1.82, 2.24) is 4.31 Å². The van der Waals surface area contributed by atoms with Crippen LogP contribution >= 0.6 is 0 Å². The Morgan fingerprint density at radius 3 is 2.48 bits per heavy atom. The lowest BCUT2D eigenvalue weighted by Crippen LogP contribution is -2.34. The molecule has 0 unspecified atom stereocenters. The van der Waals surface area contributed by atoms with Gasteiger partial charge in [-0.15, -0.1) is 0 Å². The third kappa shape index (κ3) is 3.46. The van der Waals surface area contributed by atoms with Gasteiger partial charge in [-0.2, -0.15) is 4.31 Å². The van der Waals surface area contributed by atoms with Crippen LogP contribution in [0.1, 0.15) is 37.3 Å². The minimum atomic E-state index is -3.58. The zero-order valence-electron chi connectivity index (χ0n) is 12.9. The van der Waals surface area contributed by atoms with Crippen LogP contribution in [-0.4, -0.2) is 19.3 Å². The fourth-order valence-corrected chi connectivity index (χ4v) is 4.85. The molecule has 0 spiro atoms. The fourth-order valence-electron chi connectivity index (χ4n) is 3.14. The van der Waals surface area contributed by atoms with Crippen LogP contribution in [0.2, 0.25) is 0 Å². The van der Waals surface area contributed by atoms with Gasteiger partial charge in [-0.05, 0) is 42.7 Å². The molecule has 3 nitrogen and oxygen atoms in total. The zero-order chi connectivity index (χ0) is 16.3. The lowest BCUT2D eigenvalue weighted by atomic mass is 10.0. The predicted octanol–water partition coefficient (Wildman–Crippen LogP) is 4.13. The van der Waals surface area contributed by atoms with Gasteiger partial charge < -0.3 is 0 Å². The van der Waals surface area contributed by atoms with E-state index >= 15 is 0 Å². The second-order valence-electron chi connectivity index (χ2n) is 5.85. The molecule has 0 amide bonds. The highest BCUT2D eigenvalue weighted by Crippen LogP contribution is 2.34. The van der Waals surface area contributed by atoms with Crippen molar-refractivity contribution in [3.05, 3.63) is 66.0 Å². The second kappa shape index (κ2) is 6.81. The van der Waals surface area contributed by atoms with Crippen LogP contribution in [0.3, 0.4) is 0 Å². The molecule has 122 valence electrons. The first-order valence-corrected chi connectivity index (χ1v) is 9.35. The molecule has 1 heterocycles. The van der Waals surface area contributed by atoms with Crippen molar-refractivity contribution >= 4 is 10.0 Å². The average molecular weight is 333 g/mol. The van der Waals surface area contributed by atoms with Crippen molar-refractivity contribution in [2.24, 2.45) is 0 Å². The first kappa shape index (κ1) is 16.1. The van der Waals surface area contributed by atoms with Crippen molar-refractivity contribution in [2.45, 2.75) is 36.6 Å². The van der Waals surface area contributed by atoms with Gasteiger partial charge in [0.25, 0.3) is 0 Å². The molecule has 1 atom stereocenters. The maximum absolute atomic E-state index is 13.6. The molecule has 1 aliphatic heterocycles. The van der Waals surface area contributed by atoms with E-state index in [9.17, 15) is 12.8 Å². The molecule has 5 heteroatoms. The number of benzene rings is 2. The van der Waals surface area contributed by atoms with E-state index in [4.69, 9.17) is 0 Å². The molecule has 0 saturated carbocycles. The monoisotopic (exact) mass is 333 g/mol. The summed E-state index contributed by atoms with van der Waals surface area (Å²) in [4.78, 5) is 0.295. The number of rotatable bonds is 3. The fraction of sp³-hybridized carbons (Fsp3) is 0.333.